The molecule has 0 heterocycles. The van der Waals surface area contributed by atoms with E-state index in [1.807, 2.05) is 24.3 Å². The zero-order valence-electron chi connectivity index (χ0n) is 14.1. The van der Waals surface area contributed by atoms with Crippen molar-refractivity contribution in [3.8, 4) is 0 Å². The number of esters is 1. The van der Waals surface area contributed by atoms with E-state index in [0.717, 1.165) is 24.8 Å². The van der Waals surface area contributed by atoms with Crippen molar-refractivity contribution in [3.05, 3.63) is 36.5 Å². The van der Waals surface area contributed by atoms with Gasteiger partial charge in [0.25, 0.3) is 0 Å². The number of carbonyl (C=O) groups excluding carboxylic acids is 1. The van der Waals surface area contributed by atoms with Crippen LogP contribution in [0, 0.1) is 0 Å². The maximum Gasteiger partial charge on any atom is 0.306 e. The molecule has 1 rings (SSSR count). The van der Waals surface area contributed by atoms with Gasteiger partial charge in [0.15, 0.2) is 0 Å². The summed E-state index contributed by atoms with van der Waals surface area (Å²) < 4.78 is 10.9. The summed E-state index contributed by atoms with van der Waals surface area (Å²) in [5, 5.41) is 0. The van der Waals surface area contributed by atoms with Crippen molar-refractivity contribution in [2.45, 2.75) is 70.5 Å². The molecule has 1 aliphatic rings. The van der Waals surface area contributed by atoms with Crippen LogP contribution in [0.25, 0.3) is 0 Å². The first kappa shape index (κ1) is 18.7. The Hall–Kier alpha value is -1.35. The summed E-state index contributed by atoms with van der Waals surface area (Å²) in [7, 11) is 1.64. The first-order valence-electron chi connectivity index (χ1n) is 8.43. The van der Waals surface area contributed by atoms with Crippen molar-refractivity contribution in [2.75, 3.05) is 7.11 Å². The van der Waals surface area contributed by atoms with Crippen molar-refractivity contribution in [2.24, 2.45) is 0 Å². The molecule has 0 radical (unpaired) electrons. The Morgan fingerprint density at radius 3 is 2.64 bits per heavy atom. The molecule has 0 fully saturated rings. The third-order valence-electron chi connectivity index (χ3n) is 3.86. The largest absolute Gasteiger partial charge is 0.455 e. The third-order valence-corrected chi connectivity index (χ3v) is 3.86. The molecule has 3 nitrogen and oxygen atoms in total. The second kappa shape index (κ2) is 11.2. The monoisotopic (exact) mass is 306 g/mol. The molecule has 0 N–H and O–H groups in total. The molecule has 0 bridgehead atoms. The molecule has 22 heavy (non-hydrogen) atoms. The Kier molecular flexibility index (Phi) is 9.56. The molecular weight excluding hydrogens is 276 g/mol. The summed E-state index contributed by atoms with van der Waals surface area (Å²) >= 11 is 0. The van der Waals surface area contributed by atoms with Crippen LogP contribution < -0.4 is 0 Å². The predicted octanol–water partition coefficient (Wildman–Crippen LogP) is 4.74. The van der Waals surface area contributed by atoms with Crippen LogP contribution in [-0.2, 0) is 14.3 Å². The molecule has 0 amide bonds. The summed E-state index contributed by atoms with van der Waals surface area (Å²) in [6.07, 6.45) is 15.6. The highest BCUT2D eigenvalue weighted by atomic mass is 16.6. The molecule has 0 saturated carbocycles. The number of hydrogen-bond acceptors (Lipinski definition) is 3. The number of hydrogen-bond donors (Lipinski definition) is 0. The highest BCUT2D eigenvalue weighted by molar-refractivity contribution is 5.69. The van der Waals surface area contributed by atoms with E-state index in [0.29, 0.717) is 6.42 Å². The third kappa shape index (κ3) is 7.08. The van der Waals surface area contributed by atoms with E-state index in [1.54, 1.807) is 7.11 Å². The number of methoxy groups -OCH3 is 1. The summed E-state index contributed by atoms with van der Waals surface area (Å²) in [5.41, 5.74) is 1.14. The van der Waals surface area contributed by atoms with E-state index in [2.05, 4.69) is 13.5 Å². The Bertz CT molecular complexity index is 395. The van der Waals surface area contributed by atoms with Gasteiger partial charge in [-0.2, -0.15) is 0 Å². The topological polar surface area (TPSA) is 35.5 Å². The lowest BCUT2D eigenvalue weighted by molar-refractivity contribution is -0.151. The minimum absolute atomic E-state index is 0.132. The average molecular weight is 306 g/mol. The molecule has 0 aliphatic heterocycles. The van der Waals surface area contributed by atoms with Crippen LogP contribution in [0.3, 0.4) is 0 Å². The van der Waals surface area contributed by atoms with Gasteiger partial charge in [0, 0.05) is 13.5 Å². The van der Waals surface area contributed by atoms with Gasteiger partial charge in [0.2, 0.25) is 0 Å². The van der Waals surface area contributed by atoms with E-state index in [-0.39, 0.29) is 18.2 Å². The molecule has 0 saturated heterocycles. The average Bonchev–Trinajstić information content (AvgIpc) is 2.52. The van der Waals surface area contributed by atoms with Gasteiger partial charge in [-0.1, -0.05) is 51.2 Å². The molecule has 0 aromatic carbocycles. The highest BCUT2D eigenvalue weighted by Gasteiger charge is 2.23. The molecule has 0 spiro atoms. The second-order valence-electron chi connectivity index (χ2n) is 5.77. The molecule has 1 aliphatic carbocycles. The smallest absolute Gasteiger partial charge is 0.306 e. The molecular formula is C19H30O3. The van der Waals surface area contributed by atoms with Crippen molar-refractivity contribution in [1.82, 2.24) is 0 Å². The Morgan fingerprint density at radius 2 is 1.95 bits per heavy atom. The summed E-state index contributed by atoms with van der Waals surface area (Å²) in [5.74, 6) is -0.132. The summed E-state index contributed by atoms with van der Waals surface area (Å²) in [4.78, 5) is 11.9. The number of ether oxygens (including phenoxy) is 2. The van der Waals surface area contributed by atoms with Gasteiger partial charge in [-0.15, -0.1) is 6.58 Å². The van der Waals surface area contributed by atoms with Gasteiger partial charge in [0.1, 0.15) is 12.2 Å². The van der Waals surface area contributed by atoms with Crippen LogP contribution in [0.1, 0.15) is 58.3 Å². The fourth-order valence-electron chi connectivity index (χ4n) is 2.56. The lowest BCUT2D eigenvalue weighted by atomic mass is 10.00. The van der Waals surface area contributed by atoms with Crippen LogP contribution in [0.5, 0.6) is 0 Å². The number of unbranched alkanes of at least 4 members (excludes halogenated alkanes) is 5. The van der Waals surface area contributed by atoms with Crippen molar-refractivity contribution < 1.29 is 14.3 Å². The van der Waals surface area contributed by atoms with Crippen molar-refractivity contribution in [3.63, 3.8) is 0 Å². The summed E-state index contributed by atoms with van der Waals surface area (Å²) in [6.45, 7) is 5.94. The number of carbonyl (C=O) groups is 1. The molecule has 2 unspecified atom stereocenters. The Morgan fingerprint density at radius 1 is 1.23 bits per heavy atom. The zero-order chi connectivity index (χ0) is 16.2. The summed E-state index contributed by atoms with van der Waals surface area (Å²) in [6, 6.07) is 0. The van der Waals surface area contributed by atoms with Crippen LogP contribution in [0.15, 0.2) is 36.5 Å². The lowest BCUT2D eigenvalue weighted by Crippen LogP contribution is -2.31. The minimum atomic E-state index is -0.314. The van der Waals surface area contributed by atoms with E-state index < -0.39 is 0 Å². The minimum Gasteiger partial charge on any atom is -0.455 e. The zero-order valence-corrected chi connectivity index (χ0v) is 14.1. The maximum absolute atomic E-state index is 11.9. The van der Waals surface area contributed by atoms with Gasteiger partial charge >= 0.3 is 5.97 Å². The first-order chi connectivity index (χ1) is 10.7. The molecule has 3 heteroatoms. The normalized spacial score (nSPS) is 20.5. The lowest BCUT2D eigenvalue weighted by Gasteiger charge is -2.24. The molecule has 0 aromatic rings. The molecule has 0 aromatic heterocycles. The van der Waals surface area contributed by atoms with Gasteiger partial charge < -0.3 is 9.47 Å². The maximum atomic E-state index is 11.9. The van der Waals surface area contributed by atoms with Crippen molar-refractivity contribution in [1.29, 1.82) is 0 Å². The highest BCUT2D eigenvalue weighted by Crippen LogP contribution is 2.20. The fraction of sp³-hybridized carbons (Fsp3) is 0.632. The second-order valence-corrected chi connectivity index (χ2v) is 5.77. The van der Waals surface area contributed by atoms with Crippen LogP contribution in [-0.4, -0.2) is 25.3 Å². The van der Waals surface area contributed by atoms with Gasteiger partial charge in [0.05, 0.1) is 0 Å². The van der Waals surface area contributed by atoms with E-state index in [4.69, 9.17) is 9.47 Å². The van der Waals surface area contributed by atoms with Crippen LogP contribution >= 0.6 is 0 Å². The fourth-order valence-corrected chi connectivity index (χ4v) is 2.56. The Labute approximate surface area is 135 Å². The number of rotatable bonds is 11. The Balaban J connectivity index is 2.29. The van der Waals surface area contributed by atoms with E-state index >= 15 is 0 Å². The van der Waals surface area contributed by atoms with E-state index in [9.17, 15) is 4.79 Å². The van der Waals surface area contributed by atoms with Gasteiger partial charge in [-0.3, -0.25) is 4.79 Å². The quantitative estimate of drug-likeness (QED) is 0.314. The standard InChI is InChI=1S/C19H30O3/c1-4-6-7-8-9-10-12-19(20)22-17-14-13-16(11-5-2)15-18(17)21-3/h5,13-15,17-18H,2,4,6-12H2,1,3H3. The van der Waals surface area contributed by atoms with Crippen molar-refractivity contribution >= 4 is 5.97 Å². The first-order valence-corrected chi connectivity index (χ1v) is 8.43. The van der Waals surface area contributed by atoms with Crippen LogP contribution in [0.2, 0.25) is 0 Å². The predicted molar refractivity (Wildman–Crippen MR) is 90.7 cm³/mol. The number of allylic oxidation sites excluding steroid dienone is 3. The van der Waals surface area contributed by atoms with Gasteiger partial charge in [-0.05, 0) is 30.6 Å². The SMILES string of the molecule is C=CCC1=CC(OC)C(OC(=O)CCCCCCCC)C=C1. The molecule has 124 valence electrons. The van der Waals surface area contributed by atoms with Gasteiger partial charge in [-0.25, -0.2) is 0 Å². The molecule has 2 atom stereocenters. The van der Waals surface area contributed by atoms with Crippen LogP contribution in [0.4, 0.5) is 0 Å². The van der Waals surface area contributed by atoms with E-state index in [1.165, 1.54) is 25.7 Å².